The Labute approximate surface area is 101 Å². The Morgan fingerprint density at radius 2 is 2.29 bits per heavy atom. The minimum atomic E-state index is -0.142. The second-order valence-corrected chi connectivity index (χ2v) is 4.42. The molecule has 1 aromatic heterocycles. The van der Waals surface area contributed by atoms with Crippen molar-refractivity contribution in [3.8, 4) is 0 Å². The lowest BCUT2D eigenvalue weighted by Crippen LogP contribution is -2.34. The first-order valence-corrected chi connectivity index (χ1v) is 6.07. The van der Waals surface area contributed by atoms with Crippen LogP contribution >= 0.6 is 0 Å². The zero-order valence-electron chi connectivity index (χ0n) is 10.2. The van der Waals surface area contributed by atoms with Gasteiger partial charge in [-0.25, -0.2) is 4.98 Å². The smallest absolute Gasteiger partial charge is 0.271 e. The van der Waals surface area contributed by atoms with Crippen LogP contribution in [0.25, 0.3) is 0 Å². The SMILES string of the molecule is CCNc1cncc(C(=O)NC(C)C2CC2)n1. The number of carbonyl (C=O) groups is 1. The van der Waals surface area contributed by atoms with Crippen molar-refractivity contribution in [3.63, 3.8) is 0 Å². The van der Waals surface area contributed by atoms with Crippen molar-refractivity contribution in [2.75, 3.05) is 11.9 Å². The lowest BCUT2D eigenvalue weighted by molar-refractivity contribution is 0.0930. The molecule has 5 nitrogen and oxygen atoms in total. The molecule has 1 saturated carbocycles. The van der Waals surface area contributed by atoms with E-state index in [1.807, 2.05) is 13.8 Å². The van der Waals surface area contributed by atoms with Crippen LogP contribution in [0.15, 0.2) is 12.4 Å². The van der Waals surface area contributed by atoms with E-state index in [2.05, 4.69) is 20.6 Å². The van der Waals surface area contributed by atoms with Gasteiger partial charge in [0.15, 0.2) is 0 Å². The summed E-state index contributed by atoms with van der Waals surface area (Å²) >= 11 is 0. The highest BCUT2D eigenvalue weighted by atomic mass is 16.1. The third kappa shape index (κ3) is 3.15. The highest BCUT2D eigenvalue weighted by Gasteiger charge is 2.29. The summed E-state index contributed by atoms with van der Waals surface area (Å²) in [7, 11) is 0. The van der Waals surface area contributed by atoms with E-state index in [1.54, 1.807) is 6.20 Å². The van der Waals surface area contributed by atoms with E-state index in [4.69, 9.17) is 0 Å². The number of hydrogen-bond acceptors (Lipinski definition) is 4. The molecule has 0 bridgehead atoms. The Bertz CT molecular complexity index is 403. The molecule has 1 heterocycles. The summed E-state index contributed by atoms with van der Waals surface area (Å²) in [6.45, 7) is 4.78. The average molecular weight is 234 g/mol. The molecule has 1 aliphatic rings. The highest BCUT2D eigenvalue weighted by Crippen LogP contribution is 2.32. The van der Waals surface area contributed by atoms with Crippen LogP contribution in [0.4, 0.5) is 5.82 Å². The van der Waals surface area contributed by atoms with Gasteiger partial charge in [-0.2, -0.15) is 0 Å². The standard InChI is InChI=1S/C12H18N4O/c1-3-14-11-7-13-6-10(16-11)12(17)15-8(2)9-4-5-9/h6-9H,3-5H2,1-2H3,(H,14,16)(H,15,17). The molecular formula is C12H18N4O. The van der Waals surface area contributed by atoms with Crippen LogP contribution < -0.4 is 10.6 Å². The van der Waals surface area contributed by atoms with Gasteiger partial charge in [0.2, 0.25) is 0 Å². The molecule has 17 heavy (non-hydrogen) atoms. The topological polar surface area (TPSA) is 66.9 Å². The maximum Gasteiger partial charge on any atom is 0.271 e. The second kappa shape index (κ2) is 5.12. The molecule has 1 aromatic rings. The van der Waals surface area contributed by atoms with E-state index >= 15 is 0 Å². The van der Waals surface area contributed by atoms with Gasteiger partial charge < -0.3 is 10.6 Å². The van der Waals surface area contributed by atoms with Crippen LogP contribution in [-0.4, -0.2) is 28.5 Å². The predicted octanol–water partition coefficient (Wildman–Crippen LogP) is 1.44. The van der Waals surface area contributed by atoms with Crippen molar-refractivity contribution in [2.45, 2.75) is 32.7 Å². The van der Waals surface area contributed by atoms with Gasteiger partial charge in [0.1, 0.15) is 11.5 Å². The van der Waals surface area contributed by atoms with Gasteiger partial charge in [-0.1, -0.05) is 0 Å². The molecule has 0 saturated heterocycles. The first-order chi connectivity index (χ1) is 8.20. The van der Waals surface area contributed by atoms with E-state index in [9.17, 15) is 4.79 Å². The van der Waals surface area contributed by atoms with Gasteiger partial charge in [-0.05, 0) is 32.6 Å². The first-order valence-electron chi connectivity index (χ1n) is 6.07. The first kappa shape index (κ1) is 11.8. The van der Waals surface area contributed by atoms with Crippen LogP contribution in [0.5, 0.6) is 0 Å². The van der Waals surface area contributed by atoms with Crippen LogP contribution in [-0.2, 0) is 0 Å². The number of carbonyl (C=O) groups excluding carboxylic acids is 1. The van der Waals surface area contributed by atoms with Crippen LogP contribution in [0.2, 0.25) is 0 Å². The molecule has 0 aliphatic heterocycles. The lowest BCUT2D eigenvalue weighted by atomic mass is 10.2. The third-order valence-corrected chi connectivity index (χ3v) is 2.91. The Kier molecular flexibility index (Phi) is 3.56. The Morgan fingerprint density at radius 1 is 1.53 bits per heavy atom. The molecule has 1 amide bonds. The minimum absolute atomic E-state index is 0.142. The van der Waals surface area contributed by atoms with Crippen LogP contribution in [0.1, 0.15) is 37.2 Å². The molecule has 0 radical (unpaired) electrons. The van der Waals surface area contributed by atoms with Crippen molar-refractivity contribution in [2.24, 2.45) is 5.92 Å². The maximum absolute atomic E-state index is 11.9. The number of nitrogens with one attached hydrogen (secondary N) is 2. The normalized spacial score (nSPS) is 16.4. The molecule has 1 aliphatic carbocycles. The van der Waals surface area contributed by atoms with Gasteiger partial charge >= 0.3 is 0 Å². The molecule has 2 N–H and O–H groups in total. The highest BCUT2D eigenvalue weighted by molar-refractivity contribution is 5.92. The van der Waals surface area contributed by atoms with E-state index in [-0.39, 0.29) is 11.9 Å². The number of aromatic nitrogens is 2. The summed E-state index contributed by atoms with van der Waals surface area (Å²) in [6, 6.07) is 0.229. The van der Waals surface area contributed by atoms with E-state index in [1.165, 1.54) is 19.0 Å². The summed E-state index contributed by atoms with van der Waals surface area (Å²) in [4.78, 5) is 20.1. The molecule has 1 unspecified atom stereocenters. The van der Waals surface area contributed by atoms with Crippen molar-refractivity contribution < 1.29 is 4.79 Å². The lowest BCUT2D eigenvalue weighted by Gasteiger charge is -2.12. The van der Waals surface area contributed by atoms with Crippen molar-refractivity contribution in [1.82, 2.24) is 15.3 Å². The Morgan fingerprint density at radius 3 is 2.94 bits per heavy atom. The van der Waals surface area contributed by atoms with Crippen molar-refractivity contribution in [3.05, 3.63) is 18.1 Å². The molecule has 1 atom stereocenters. The largest absolute Gasteiger partial charge is 0.369 e. The zero-order valence-corrected chi connectivity index (χ0v) is 10.2. The Balaban J connectivity index is 1.99. The molecule has 0 spiro atoms. The Hall–Kier alpha value is -1.65. The number of rotatable bonds is 5. The fourth-order valence-corrected chi connectivity index (χ4v) is 1.74. The number of anilines is 1. The monoisotopic (exact) mass is 234 g/mol. The number of nitrogens with zero attached hydrogens (tertiary/aromatic N) is 2. The van der Waals surface area contributed by atoms with Gasteiger partial charge in [0, 0.05) is 12.6 Å². The summed E-state index contributed by atoms with van der Waals surface area (Å²) in [5, 5.41) is 6.00. The van der Waals surface area contributed by atoms with Gasteiger partial charge in [-0.3, -0.25) is 9.78 Å². The number of amides is 1. The fourth-order valence-electron chi connectivity index (χ4n) is 1.74. The molecular weight excluding hydrogens is 216 g/mol. The second-order valence-electron chi connectivity index (χ2n) is 4.42. The molecule has 92 valence electrons. The van der Waals surface area contributed by atoms with Crippen LogP contribution in [0.3, 0.4) is 0 Å². The quantitative estimate of drug-likeness (QED) is 0.809. The fraction of sp³-hybridized carbons (Fsp3) is 0.583. The molecule has 0 aromatic carbocycles. The number of hydrogen-bond donors (Lipinski definition) is 2. The molecule has 1 fully saturated rings. The molecule has 2 rings (SSSR count). The summed E-state index contributed by atoms with van der Waals surface area (Å²) in [5.41, 5.74) is 0.371. The average Bonchev–Trinajstić information content (AvgIpc) is 3.13. The van der Waals surface area contributed by atoms with Gasteiger partial charge in [0.05, 0.1) is 12.4 Å². The van der Waals surface area contributed by atoms with E-state index in [0.717, 1.165) is 6.54 Å². The van der Waals surface area contributed by atoms with Gasteiger partial charge in [-0.15, -0.1) is 0 Å². The molecule has 5 heteroatoms. The van der Waals surface area contributed by atoms with Crippen molar-refractivity contribution >= 4 is 11.7 Å². The van der Waals surface area contributed by atoms with E-state index in [0.29, 0.717) is 17.4 Å². The predicted molar refractivity (Wildman–Crippen MR) is 65.8 cm³/mol. The third-order valence-electron chi connectivity index (χ3n) is 2.91. The van der Waals surface area contributed by atoms with E-state index < -0.39 is 0 Å². The van der Waals surface area contributed by atoms with Crippen molar-refractivity contribution in [1.29, 1.82) is 0 Å². The summed E-state index contributed by atoms with van der Waals surface area (Å²) in [5.74, 6) is 1.14. The maximum atomic E-state index is 11.9. The van der Waals surface area contributed by atoms with Crippen LogP contribution in [0, 0.1) is 5.92 Å². The minimum Gasteiger partial charge on any atom is -0.369 e. The summed E-state index contributed by atoms with van der Waals surface area (Å²) < 4.78 is 0. The van der Waals surface area contributed by atoms with Gasteiger partial charge in [0.25, 0.3) is 5.91 Å². The zero-order chi connectivity index (χ0) is 12.3. The summed E-state index contributed by atoms with van der Waals surface area (Å²) in [6.07, 6.45) is 5.54.